The van der Waals surface area contributed by atoms with E-state index in [4.69, 9.17) is 4.79 Å². The third-order valence-corrected chi connectivity index (χ3v) is 1.96. The van der Waals surface area contributed by atoms with Crippen LogP contribution in [0.4, 0.5) is 4.79 Å². The van der Waals surface area contributed by atoms with Gasteiger partial charge in [-0.2, -0.15) is 5.10 Å². The minimum Gasteiger partial charge on any atom is -0.352 e. The lowest BCUT2D eigenvalue weighted by atomic mass is 10.2. The number of aromatic amines is 1. The van der Waals surface area contributed by atoms with E-state index < -0.39 is 6.03 Å². The largest absolute Gasteiger partial charge is 0.352 e. The summed E-state index contributed by atoms with van der Waals surface area (Å²) >= 11 is 0. The summed E-state index contributed by atoms with van der Waals surface area (Å²) in [5.41, 5.74) is 8.50. The van der Waals surface area contributed by atoms with E-state index in [2.05, 4.69) is 38.8 Å². The van der Waals surface area contributed by atoms with Gasteiger partial charge in [0, 0.05) is 24.8 Å². The van der Waals surface area contributed by atoms with Crippen molar-refractivity contribution in [2.45, 2.75) is 0 Å². The number of pyridine rings is 1. The van der Waals surface area contributed by atoms with Crippen molar-refractivity contribution in [2.24, 2.45) is 11.5 Å². The van der Waals surface area contributed by atoms with E-state index in [-0.39, 0.29) is 0 Å². The number of carbonyl (C=O) groups is 1. The zero-order valence-corrected chi connectivity index (χ0v) is 10.2. The number of rotatable bonds is 0. The molecule has 6 heteroatoms. The van der Waals surface area contributed by atoms with Gasteiger partial charge in [0.2, 0.25) is 0 Å². The number of aromatic nitrogens is 3. The van der Waals surface area contributed by atoms with Crippen molar-refractivity contribution in [1.29, 1.82) is 0 Å². The molecule has 0 saturated heterocycles. The molecule has 0 fully saturated rings. The number of primary amides is 2. The molecular formula is C13H15N5O. The molecule has 0 bridgehead atoms. The fourth-order valence-electron chi connectivity index (χ4n) is 1.24. The van der Waals surface area contributed by atoms with Crippen LogP contribution in [-0.2, 0) is 0 Å². The Morgan fingerprint density at radius 2 is 1.68 bits per heavy atom. The highest BCUT2D eigenvalue weighted by Gasteiger charge is 1.86. The van der Waals surface area contributed by atoms with Crippen molar-refractivity contribution in [2.75, 3.05) is 0 Å². The smallest absolute Gasteiger partial charge is 0.309 e. The molecule has 0 saturated carbocycles. The quantitative estimate of drug-likeness (QED) is 0.569. The van der Waals surface area contributed by atoms with Gasteiger partial charge in [-0.15, -0.1) is 0 Å². The molecule has 3 aromatic rings. The van der Waals surface area contributed by atoms with Crippen molar-refractivity contribution in [1.82, 2.24) is 15.2 Å². The summed E-state index contributed by atoms with van der Waals surface area (Å²) in [6, 6.07) is 11.2. The number of benzene rings is 1. The van der Waals surface area contributed by atoms with Crippen LogP contribution in [0.3, 0.4) is 0 Å². The predicted molar refractivity (Wildman–Crippen MR) is 74.1 cm³/mol. The standard InChI is InChI=1S/C9H7N.C3H4N2.CH4N2O/c1-2-4-9-7-10-6-5-8(9)3-1;1-2-4-5-3-1;2-1(3)4/h1-7H;1-3H,(H,4,5);(H4,2,3,4). The molecule has 19 heavy (non-hydrogen) atoms. The fraction of sp³-hybridized carbons (Fsp3) is 0. The number of fused-ring (bicyclic) bond motifs is 1. The number of carbonyl (C=O) groups excluding carboxylic acids is 1. The normalized spacial score (nSPS) is 8.63. The number of H-pyrrole nitrogens is 1. The van der Waals surface area contributed by atoms with Crippen molar-refractivity contribution in [3.63, 3.8) is 0 Å². The second-order valence-electron chi connectivity index (χ2n) is 3.39. The molecule has 0 atom stereocenters. The van der Waals surface area contributed by atoms with E-state index in [9.17, 15) is 0 Å². The minimum atomic E-state index is -0.833. The average molecular weight is 257 g/mol. The molecule has 3 rings (SSSR count). The maximum Gasteiger partial charge on any atom is 0.309 e. The topological polar surface area (TPSA) is 111 Å². The summed E-state index contributed by atoms with van der Waals surface area (Å²) in [5, 5.41) is 8.66. The Labute approximate surface area is 110 Å². The minimum absolute atomic E-state index is 0.833. The first-order chi connectivity index (χ1) is 9.20. The lowest BCUT2D eigenvalue weighted by Gasteiger charge is -1.91. The van der Waals surface area contributed by atoms with Gasteiger partial charge in [-0.25, -0.2) is 4.79 Å². The van der Waals surface area contributed by atoms with Gasteiger partial charge in [0.1, 0.15) is 0 Å². The maximum absolute atomic E-state index is 9.00. The van der Waals surface area contributed by atoms with E-state index in [1.807, 2.05) is 36.7 Å². The Bertz CT molecular complexity index is 508. The third kappa shape index (κ3) is 6.42. The first-order valence-corrected chi connectivity index (χ1v) is 5.47. The van der Waals surface area contributed by atoms with Gasteiger partial charge in [-0.05, 0) is 22.9 Å². The summed E-state index contributed by atoms with van der Waals surface area (Å²) < 4.78 is 0. The fourth-order valence-corrected chi connectivity index (χ4v) is 1.24. The van der Waals surface area contributed by atoms with Gasteiger partial charge in [-0.3, -0.25) is 10.1 Å². The lowest BCUT2D eigenvalue weighted by Crippen LogP contribution is -2.18. The van der Waals surface area contributed by atoms with Gasteiger partial charge in [0.25, 0.3) is 0 Å². The second-order valence-corrected chi connectivity index (χ2v) is 3.39. The Hall–Kier alpha value is -2.89. The molecule has 6 nitrogen and oxygen atoms in total. The van der Waals surface area contributed by atoms with Crippen LogP contribution in [0, 0.1) is 0 Å². The van der Waals surface area contributed by atoms with Crippen LogP contribution >= 0.6 is 0 Å². The summed E-state index contributed by atoms with van der Waals surface area (Å²) in [5.74, 6) is 0. The zero-order valence-electron chi connectivity index (χ0n) is 10.2. The van der Waals surface area contributed by atoms with Gasteiger partial charge in [0.05, 0.1) is 0 Å². The van der Waals surface area contributed by atoms with E-state index in [1.165, 1.54) is 10.8 Å². The highest BCUT2D eigenvalue weighted by Crippen LogP contribution is 2.09. The van der Waals surface area contributed by atoms with Crippen LogP contribution in [0.5, 0.6) is 0 Å². The van der Waals surface area contributed by atoms with Crippen LogP contribution in [0.25, 0.3) is 10.8 Å². The summed E-state index contributed by atoms with van der Waals surface area (Å²) in [4.78, 5) is 13.0. The van der Waals surface area contributed by atoms with E-state index in [1.54, 1.807) is 12.4 Å². The number of nitrogens with zero attached hydrogens (tertiary/aromatic N) is 2. The van der Waals surface area contributed by atoms with Crippen molar-refractivity contribution in [3.8, 4) is 0 Å². The molecule has 1 aromatic carbocycles. The molecular weight excluding hydrogens is 242 g/mol. The molecule has 0 aliphatic heterocycles. The second kappa shape index (κ2) is 8.24. The highest BCUT2D eigenvalue weighted by atomic mass is 16.2. The van der Waals surface area contributed by atoms with Crippen molar-refractivity contribution >= 4 is 16.8 Å². The molecule has 0 aliphatic carbocycles. The molecule has 2 aromatic heterocycles. The number of urea groups is 1. The average Bonchev–Trinajstić information content (AvgIpc) is 2.97. The zero-order chi connectivity index (χ0) is 13.9. The summed E-state index contributed by atoms with van der Waals surface area (Å²) in [7, 11) is 0. The first kappa shape index (κ1) is 14.2. The molecule has 98 valence electrons. The molecule has 5 N–H and O–H groups in total. The Balaban J connectivity index is 0.000000169. The Morgan fingerprint density at radius 3 is 2.16 bits per heavy atom. The number of nitrogens with two attached hydrogens (primary N) is 2. The Morgan fingerprint density at radius 1 is 1.00 bits per heavy atom. The van der Waals surface area contributed by atoms with Crippen LogP contribution in [0.2, 0.25) is 0 Å². The van der Waals surface area contributed by atoms with Crippen LogP contribution in [0.15, 0.2) is 61.2 Å². The molecule has 0 spiro atoms. The lowest BCUT2D eigenvalue weighted by molar-refractivity contribution is 0.256. The SMILES string of the molecule is NC(N)=O.c1ccc2cnccc2c1.c1cn[nH]c1. The third-order valence-electron chi connectivity index (χ3n) is 1.96. The van der Waals surface area contributed by atoms with Crippen LogP contribution in [-0.4, -0.2) is 21.2 Å². The van der Waals surface area contributed by atoms with Gasteiger partial charge in [0.15, 0.2) is 0 Å². The first-order valence-electron chi connectivity index (χ1n) is 5.47. The van der Waals surface area contributed by atoms with E-state index in [0.717, 1.165) is 0 Å². The Kier molecular flexibility index (Phi) is 6.14. The number of amides is 2. The van der Waals surface area contributed by atoms with Gasteiger partial charge >= 0.3 is 6.03 Å². The van der Waals surface area contributed by atoms with Gasteiger partial charge in [-0.1, -0.05) is 24.3 Å². The van der Waals surface area contributed by atoms with Crippen molar-refractivity contribution < 1.29 is 4.79 Å². The van der Waals surface area contributed by atoms with Crippen molar-refractivity contribution in [3.05, 3.63) is 61.2 Å². The van der Waals surface area contributed by atoms with Crippen LogP contribution < -0.4 is 11.5 Å². The van der Waals surface area contributed by atoms with Gasteiger partial charge < -0.3 is 11.5 Å². The number of hydrogen-bond acceptors (Lipinski definition) is 3. The summed E-state index contributed by atoms with van der Waals surface area (Å²) in [6.45, 7) is 0. The molecule has 2 amide bonds. The maximum atomic E-state index is 9.00. The molecule has 0 aliphatic rings. The highest BCUT2D eigenvalue weighted by molar-refractivity contribution is 5.80. The predicted octanol–water partition coefficient (Wildman–Crippen LogP) is 1.67. The molecule has 0 radical (unpaired) electrons. The van der Waals surface area contributed by atoms with E-state index >= 15 is 0 Å². The van der Waals surface area contributed by atoms with Crippen LogP contribution in [0.1, 0.15) is 0 Å². The monoisotopic (exact) mass is 257 g/mol. The molecule has 0 unspecified atom stereocenters. The van der Waals surface area contributed by atoms with E-state index in [0.29, 0.717) is 0 Å². The summed E-state index contributed by atoms with van der Waals surface area (Å²) in [6.07, 6.45) is 7.14. The molecule has 2 heterocycles. The number of hydrogen-bond donors (Lipinski definition) is 3. The number of nitrogens with one attached hydrogen (secondary N) is 1.